The molecular weight excluding hydrogens is 327 g/mol. The number of hydrogen-bond acceptors (Lipinski definition) is 2. The highest BCUT2D eigenvalue weighted by Crippen LogP contribution is 2.31. The van der Waals surface area contributed by atoms with Gasteiger partial charge in [-0.2, -0.15) is 0 Å². The Morgan fingerprint density at radius 2 is 2.12 bits per heavy atom. The van der Waals surface area contributed by atoms with Crippen LogP contribution in [0.4, 0.5) is 5.69 Å². The first-order chi connectivity index (χ1) is 7.68. The standard InChI is InChI=1S/C12H18N4.HI/c1-9-8-10-4-2-3-5-11(10)16(9)7-6-15-12(13)14;/h2-5,9H,6-8H2,1H3,(H4,13,14,15);1H. The van der Waals surface area contributed by atoms with E-state index >= 15 is 0 Å². The van der Waals surface area contributed by atoms with Crippen molar-refractivity contribution in [2.45, 2.75) is 19.4 Å². The van der Waals surface area contributed by atoms with Crippen LogP contribution in [0.1, 0.15) is 12.5 Å². The molecular formula is C12H19IN4. The topological polar surface area (TPSA) is 67.6 Å². The molecule has 1 aromatic carbocycles. The summed E-state index contributed by atoms with van der Waals surface area (Å²) in [7, 11) is 0. The highest BCUT2D eigenvalue weighted by atomic mass is 127. The maximum absolute atomic E-state index is 5.32. The fraction of sp³-hybridized carbons (Fsp3) is 0.417. The fourth-order valence-corrected chi connectivity index (χ4v) is 2.26. The average Bonchev–Trinajstić information content (AvgIpc) is 2.55. The molecule has 0 radical (unpaired) electrons. The van der Waals surface area contributed by atoms with Crippen LogP contribution in [0.5, 0.6) is 0 Å². The van der Waals surface area contributed by atoms with Crippen molar-refractivity contribution in [3.63, 3.8) is 0 Å². The van der Waals surface area contributed by atoms with Crippen molar-refractivity contribution in [3.8, 4) is 0 Å². The smallest absolute Gasteiger partial charge is 0.185 e. The number of anilines is 1. The Labute approximate surface area is 119 Å². The van der Waals surface area contributed by atoms with Crippen LogP contribution in [0.2, 0.25) is 0 Å². The third kappa shape index (κ3) is 3.24. The molecule has 0 saturated heterocycles. The molecule has 5 heteroatoms. The summed E-state index contributed by atoms with van der Waals surface area (Å²) in [6.07, 6.45) is 1.11. The van der Waals surface area contributed by atoms with Gasteiger partial charge in [0.15, 0.2) is 5.96 Å². The lowest BCUT2D eigenvalue weighted by molar-refractivity contribution is 0.674. The van der Waals surface area contributed by atoms with Crippen LogP contribution in [-0.4, -0.2) is 25.1 Å². The summed E-state index contributed by atoms with van der Waals surface area (Å²) in [5.41, 5.74) is 13.4. The minimum Gasteiger partial charge on any atom is -0.370 e. The van der Waals surface area contributed by atoms with E-state index in [2.05, 4.69) is 41.1 Å². The van der Waals surface area contributed by atoms with Crippen molar-refractivity contribution < 1.29 is 0 Å². The van der Waals surface area contributed by atoms with Gasteiger partial charge in [0.05, 0.1) is 6.54 Å². The molecule has 0 spiro atoms. The third-order valence-corrected chi connectivity index (χ3v) is 2.98. The van der Waals surface area contributed by atoms with E-state index in [4.69, 9.17) is 11.5 Å². The number of hydrogen-bond donors (Lipinski definition) is 2. The van der Waals surface area contributed by atoms with Crippen LogP contribution in [0, 0.1) is 0 Å². The molecule has 0 saturated carbocycles. The fourth-order valence-electron chi connectivity index (χ4n) is 2.26. The van der Waals surface area contributed by atoms with E-state index in [9.17, 15) is 0 Å². The van der Waals surface area contributed by atoms with E-state index in [1.807, 2.05) is 0 Å². The number of nitrogens with zero attached hydrogens (tertiary/aromatic N) is 2. The molecule has 1 aliphatic heterocycles. The minimum absolute atomic E-state index is 0. The van der Waals surface area contributed by atoms with Gasteiger partial charge in [-0.3, -0.25) is 4.99 Å². The predicted molar refractivity (Wildman–Crippen MR) is 83.0 cm³/mol. The molecule has 0 amide bonds. The third-order valence-electron chi connectivity index (χ3n) is 2.98. The normalized spacial score (nSPS) is 17.2. The van der Waals surface area contributed by atoms with Crippen molar-refractivity contribution in [3.05, 3.63) is 29.8 Å². The van der Waals surface area contributed by atoms with Gasteiger partial charge < -0.3 is 16.4 Å². The van der Waals surface area contributed by atoms with Gasteiger partial charge >= 0.3 is 0 Å². The Balaban J connectivity index is 0.00000144. The molecule has 17 heavy (non-hydrogen) atoms. The second kappa shape index (κ2) is 6.09. The molecule has 1 aliphatic rings. The summed E-state index contributed by atoms with van der Waals surface area (Å²) < 4.78 is 0. The van der Waals surface area contributed by atoms with Crippen LogP contribution >= 0.6 is 24.0 Å². The van der Waals surface area contributed by atoms with Crippen LogP contribution in [0.3, 0.4) is 0 Å². The van der Waals surface area contributed by atoms with Gasteiger partial charge in [0.1, 0.15) is 0 Å². The lowest BCUT2D eigenvalue weighted by Crippen LogP contribution is -2.32. The van der Waals surface area contributed by atoms with E-state index in [0.717, 1.165) is 13.0 Å². The zero-order valence-electron chi connectivity index (χ0n) is 9.97. The highest BCUT2D eigenvalue weighted by Gasteiger charge is 2.24. The number of halogens is 1. The Hall–Kier alpha value is -0.980. The zero-order chi connectivity index (χ0) is 11.5. The van der Waals surface area contributed by atoms with E-state index in [1.165, 1.54) is 11.3 Å². The quantitative estimate of drug-likeness (QED) is 0.493. The molecule has 1 heterocycles. The van der Waals surface area contributed by atoms with Gasteiger partial charge in [0.25, 0.3) is 0 Å². The number of fused-ring (bicyclic) bond motifs is 1. The van der Waals surface area contributed by atoms with E-state index < -0.39 is 0 Å². The van der Waals surface area contributed by atoms with Crippen LogP contribution in [0.15, 0.2) is 29.3 Å². The summed E-state index contributed by atoms with van der Waals surface area (Å²) in [5, 5.41) is 0. The number of nitrogens with two attached hydrogens (primary N) is 2. The molecule has 0 aliphatic carbocycles. The lowest BCUT2D eigenvalue weighted by atomic mass is 10.1. The molecule has 4 N–H and O–H groups in total. The second-order valence-corrected chi connectivity index (χ2v) is 4.18. The Morgan fingerprint density at radius 1 is 1.41 bits per heavy atom. The van der Waals surface area contributed by atoms with E-state index in [1.54, 1.807) is 0 Å². The van der Waals surface area contributed by atoms with Crippen LogP contribution in [0.25, 0.3) is 0 Å². The SMILES string of the molecule is CC1Cc2ccccc2N1CCN=C(N)N.I. The number of aliphatic imine (C=N–C) groups is 1. The Bertz CT molecular complexity index is 401. The monoisotopic (exact) mass is 346 g/mol. The molecule has 0 aromatic heterocycles. The summed E-state index contributed by atoms with van der Waals surface area (Å²) >= 11 is 0. The van der Waals surface area contributed by atoms with Crippen molar-refractivity contribution in [1.29, 1.82) is 0 Å². The molecule has 94 valence electrons. The number of rotatable bonds is 3. The van der Waals surface area contributed by atoms with E-state index in [-0.39, 0.29) is 29.9 Å². The van der Waals surface area contributed by atoms with Gasteiger partial charge in [-0.15, -0.1) is 24.0 Å². The molecule has 2 rings (SSSR count). The van der Waals surface area contributed by atoms with Gasteiger partial charge in [0, 0.05) is 18.3 Å². The van der Waals surface area contributed by atoms with Crippen molar-refractivity contribution in [1.82, 2.24) is 0 Å². The van der Waals surface area contributed by atoms with Crippen molar-refractivity contribution in [2.24, 2.45) is 16.5 Å². The molecule has 1 atom stereocenters. The van der Waals surface area contributed by atoms with Crippen LogP contribution < -0.4 is 16.4 Å². The van der Waals surface area contributed by atoms with Gasteiger partial charge in [-0.1, -0.05) is 18.2 Å². The van der Waals surface area contributed by atoms with Gasteiger partial charge in [-0.25, -0.2) is 0 Å². The molecule has 1 unspecified atom stereocenters. The first kappa shape index (κ1) is 14.1. The zero-order valence-corrected chi connectivity index (χ0v) is 12.3. The van der Waals surface area contributed by atoms with E-state index in [0.29, 0.717) is 12.6 Å². The Morgan fingerprint density at radius 3 is 2.82 bits per heavy atom. The maximum atomic E-state index is 5.32. The van der Waals surface area contributed by atoms with Crippen LogP contribution in [-0.2, 0) is 6.42 Å². The molecule has 0 bridgehead atoms. The molecule has 0 fully saturated rings. The molecule has 1 aromatic rings. The van der Waals surface area contributed by atoms with Crippen molar-refractivity contribution >= 4 is 35.6 Å². The van der Waals surface area contributed by atoms with Gasteiger partial charge in [-0.05, 0) is 25.0 Å². The summed E-state index contributed by atoms with van der Waals surface area (Å²) in [5.74, 6) is 0.167. The minimum atomic E-state index is 0. The van der Waals surface area contributed by atoms with Crippen molar-refractivity contribution in [2.75, 3.05) is 18.0 Å². The average molecular weight is 346 g/mol. The molecule has 4 nitrogen and oxygen atoms in total. The second-order valence-electron chi connectivity index (χ2n) is 4.18. The summed E-state index contributed by atoms with van der Waals surface area (Å²) in [6.45, 7) is 3.76. The first-order valence-electron chi connectivity index (χ1n) is 5.58. The maximum Gasteiger partial charge on any atom is 0.185 e. The lowest BCUT2D eigenvalue weighted by Gasteiger charge is -2.23. The highest BCUT2D eigenvalue weighted by molar-refractivity contribution is 14.0. The number of para-hydroxylation sites is 1. The predicted octanol–water partition coefficient (Wildman–Crippen LogP) is 1.33. The number of guanidine groups is 1. The summed E-state index contributed by atoms with van der Waals surface area (Å²) in [6, 6.07) is 9.04. The largest absolute Gasteiger partial charge is 0.370 e. The Kier molecular flexibility index (Phi) is 5.04. The number of benzene rings is 1. The van der Waals surface area contributed by atoms with Gasteiger partial charge in [0.2, 0.25) is 0 Å². The first-order valence-corrected chi connectivity index (χ1v) is 5.58. The summed E-state index contributed by atoms with van der Waals surface area (Å²) in [4.78, 5) is 6.39.